The lowest BCUT2D eigenvalue weighted by Gasteiger charge is -2.29. The molecule has 1 aliphatic carbocycles. The molecule has 1 atom stereocenters. The van der Waals surface area contributed by atoms with Crippen molar-refractivity contribution >= 4 is 18.3 Å². The highest BCUT2D eigenvalue weighted by molar-refractivity contribution is 5.94. The highest BCUT2D eigenvalue weighted by Gasteiger charge is 2.57. The summed E-state index contributed by atoms with van der Waals surface area (Å²) < 4.78 is 1.99. The molecular formula is C17H24ClN5O. The van der Waals surface area contributed by atoms with E-state index in [9.17, 15) is 4.79 Å². The lowest BCUT2D eigenvalue weighted by atomic mass is 9.93. The molecule has 1 saturated carbocycles. The number of H-pyrrole nitrogens is 1. The first-order chi connectivity index (χ1) is 11.2. The van der Waals surface area contributed by atoms with Crippen molar-refractivity contribution in [1.82, 2.24) is 24.8 Å². The maximum absolute atomic E-state index is 13.0. The maximum Gasteiger partial charge on any atom is 0.256 e. The van der Waals surface area contributed by atoms with Crippen molar-refractivity contribution in [1.29, 1.82) is 0 Å². The zero-order valence-corrected chi connectivity index (χ0v) is 14.7. The molecule has 2 aromatic rings. The summed E-state index contributed by atoms with van der Waals surface area (Å²) in [6.45, 7) is 2.70. The number of amides is 1. The number of aryl methyl sites for hydroxylation is 1. The molecule has 1 unspecified atom stereocenters. The summed E-state index contributed by atoms with van der Waals surface area (Å²) in [5.74, 6) is 1.04. The van der Waals surface area contributed by atoms with Crippen LogP contribution in [0.4, 0.5) is 0 Å². The highest BCUT2D eigenvalue weighted by Crippen LogP contribution is 2.56. The van der Waals surface area contributed by atoms with Gasteiger partial charge in [-0.2, -0.15) is 0 Å². The summed E-state index contributed by atoms with van der Waals surface area (Å²) >= 11 is 0. The summed E-state index contributed by atoms with van der Waals surface area (Å²) in [6, 6.07) is 2.19. The molecule has 4 rings (SSSR count). The van der Waals surface area contributed by atoms with Gasteiger partial charge in [-0.05, 0) is 43.8 Å². The van der Waals surface area contributed by atoms with E-state index < -0.39 is 0 Å². The first kappa shape index (κ1) is 17.0. The van der Waals surface area contributed by atoms with Crippen molar-refractivity contribution in [2.75, 3.05) is 13.1 Å². The van der Waals surface area contributed by atoms with Crippen molar-refractivity contribution in [2.45, 2.75) is 31.8 Å². The van der Waals surface area contributed by atoms with Gasteiger partial charge in [-0.3, -0.25) is 4.79 Å². The van der Waals surface area contributed by atoms with Crippen LogP contribution in [0.3, 0.4) is 0 Å². The van der Waals surface area contributed by atoms with E-state index in [0.29, 0.717) is 18.0 Å². The number of aromatic amines is 1. The van der Waals surface area contributed by atoms with Crippen molar-refractivity contribution < 1.29 is 4.79 Å². The lowest BCUT2D eigenvalue weighted by Crippen LogP contribution is -2.39. The third-order valence-corrected chi connectivity index (χ3v) is 5.46. The molecule has 0 bridgehead atoms. The summed E-state index contributed by atoms with van der Waals surface area (Å²) in [4.78, 5) is 22.4. The second kappa shape index (κ2) is 6.61. The van der Waals surface area contributed by atoms with Crippen molar-refractivity contribution in [3.05, 3.63) is 42.2 Å². The summed E-state index contributed by atoms with van der Waals surface area (Å²) in [6.07, 6.45) is 10.8. The number of hydrogen-bond donors (Lipinski definition) is 2. The fourth-order valence-electron chi connectivity index (χ4n) is 3.88. The van der Waals surface area contributed by atoms with Crippen molar-refractivity contribution in [3.63, 3.8) is 0 Å². The lowest BCUT2D eigenvalue weighted by molar-refractivity contribution is 0.0685. The monoisotopic (exact) mass is 349 g/mol. The Morgan fingerprint density at radius 1 is 1.46 bits per heavy atom. The summed E-state index contributed by atoms with van der Waals surface area (Å²) in [7, 11) is 1.98. The molecule has 1 saturated heterocycles. The van der Waals surface area contributed by atoms with Crippen LogP contribution >= 0.6 is 12.4 Å². The first-order valence-electron chi connectivity index (χ1n) is 8.30. The van der Waals surface area contributed by atoms with Gasteiger partial charge in [0.2, 0.25) is 0 Å². The zero-order valence-electron chi connectivity index (χ0n) is 13.9. The molecular weight excluding hydrogens is 326 g/mol. The van der Waals surface area contributed by atoms with Crippen LogP contribution in [0.5, 0.6) is 0 Å². The van der Waals surface area contributed by atoms with Gasteiger partial charge in [0.15, 0.2) is 0 Å². The van der Waals surface area contributed by atoms with Gasteiger partial charge in [0, 0.05) is 37.9 Å². The van der Waals surface area contributed by atoms with E-state index in [0.717, 1.165) is 43.7 Å². The minimum Gasteiger partial charge on any atom is -0.367 e. The fourth-order valence-corrected chi connectivity index (χ4v) is 3.88. The number of piperidine rings is 1. The topological polar surface area (TPSA) is 66.0 Å². The highest BCUT2D eigenvalue weighted by atomic mass is 35.5. The van der Waals surface area contributed by atoms with Crippen LogP contribution < -0.4 is 5.32 Å². The number of carbonyl (C=O) groups is 1. The Morgan fingerprint density at radius 3 is 2.88 bits per heavy atom. The number of aromatic nitrogens is 3. The van der Waals surface area contributed by atoms with Gasteiger partial charge < -0.3 is 19.8 Å². The molecule has 6 nitrogen and oxygen atoms in total. The molecule has 24 heavy (non-hydrogen) atoms. The molecule has 1 amide bonds. The van der Waals surface area contributed by atoms with Crippen LogP contribution in [0.15, 0.2) is 30.9 Å². The quantitative estimate of drug-likeness (QED) is 0.886. The predicted octanol–water partition coefficient (Wildman–Crippen LogP) is 1.95. The standard InChI is InChI=1S/C17H23N5O.ClH/c1-21-9-8-20-15(21)12-22(16(23)13-2-5-19-11-13)14-10-17(14)3-6-18-7-4-17;/h2,5,8-9,11,14,18-19H,3-4,6-7,10,12H2,1H3;1H. The van der Waals surface area contributed by atoms with Crippen molar-refractivity contribution in [3.8, 4) is 0 Å². The van der Waals surface area contributed by atoms with Gasteiger partial charge in [-0.1, -0.05) is 0 Å². The van der Waals surface area contributed by atoms with Crippen molar-refractivity contribution in [2.24, 2.45) is 12.5 Å². The van der Waals surface area contributed by atoms with E-state index in [-0.39, 0.29) is 18.3 Å². The van der Waals surface area contributed by atoms with Crippen LogP contribution in [0.2, 0.25) is 0 Å². The van der Waals surface area contributed by atoms with Crippen LogP contribution in [-0.4, -0.2) is 44.5 Å². The van der Waals surface area contributed by atoms with E-state index in [2.05, 4.69) is 15.3 Å². The van der Waals surface area contributed by atoms with E-state index in [1.807, 2.05) is 28.8 Å². The van der Waals surface area contributed by atoms with E-state index in [1.54, 1.807) is 18.6 Å². The summed E-state index contributed by atoms with van der Waals surface area (Å²) in [5.41, 5.74) is 1.05. The van der Waals surface area contributed by atoms with Gasteiger partial charge in [0.05, 0.1) is 12.1 Å². The number of nitrogens with one attached hydrogen (secondary N) is 2. The molecule has 2 fully saturated rings. The Balaban J connectivity index is 0.00000169. The Hall–Kier alpha value is -1.79. The van der Waals surface area contributed by atoms with Crippen LogP contribution in [0.1, 0.15) is 35.4 Å². The Bertz CT molecular complexity index is 690. The molecule has 1 spiro atoms. The zero-order chi connectivity index (χ0) is 15.9. The van der Waals surface area contributed by atoms with Crippen LogP contribution in [-0.2, 0) is 13.6 Å². The second-order valence-electron chi connectivity index (χ2n) is 6.82. The van der Waals surface area contributed by atoms with Gasteiger partial charge in [-0.15, -0.1) is 12.4 Å². The molecule has 0 radical (unpaired) electrons. The third kappa shape index (κ3) is 2.96. The van der Waals surface area contributed by atoms with Gasteiger partial charge in [-0.25, -0.2) is 4.98 Å². The number of carbonyl (C=O) groups excluding carboxylic acids is 1. The van der Waals surface area contributed by atoms with Crippen LogP contribution in [0.25, 0.3) is 0 Å². The Morgan fingerprint density at radius 2 is 2.25 bits per heavy atom. The molecule has 130 valence electrons. The van der Waals surface area contributed by atoms with E-state index in [1.165, 1.54) is 0 Å². The fraction of sp³-hybridized carbons (Fsp3) is 0.529. The number of rotatable bonds is 4. The molecule has 0 aromatic carbocycles. The number of imidazole rings is 1. The van der Waals surface area contributed by atoms with Gasteiger partial charge in [0.1, 0.15) is 5.82 Å². The molecule has 2 aliphatic rings. The predicted molar refractivity (Wildman–Crippen MR) is 94.1 cm³/mol. The largest absolute Gasteiger partial charge is 0.367 e. The van der Waals surface area contributed by atoms with Gasteiger partial charge in [0.25, 0.3) is 5.91 Å². The molecule has 2 aromatic heterocycles. The minimum atomic E-state index is 0. The smallest absolute Gasteiger partial charge is 0.256 e. The normalized spacial score (nSPS) is 21.3. The molecule has 2 N–H and O–H groups in total. The Kier molecular flexibility index (Phi) is 4.69. The van der Waals surface area contributed by atoms with E-state index >= 15 is 0 Å². The van der Waals surface area contributed by atoms with Crippen LogP contribution in [0, 0.1) is 5.41 Å². The third-order valence-electron chi connectivity index (χ3n) is 5.46. The summed E-state index contributed by atoms with van der Waals surface area (Å²) in [5, 5.41) is 3.43. The van der Waals surface area contributed by atoms with E-state index in [4.69, 9.17) is 0 Å². The number of hydrogen-bond acceptors (Lipinski definition) is 3. The van der Waals surface area contributed by atoms with Gasteiger partial charge >= 0.3 is 0 Å². The molecule has 1 aliphatic heterocycles. The first-order valence-corrected chi connectivity index (χ1v) is 8.30. The molecule has 3 heterocycles. The molecule has 7 heteroatoms. The average Bonchev–Trinajstić information content (AvgIpc) is 2.98. The minimum absolute atomic E-state index is 0. The average molecular weight is 350 g/mol. The number of halogens is 1. The number of nitrogens with zero attached hydrogens (tertiary/aromatic N) is 3. The Labute approximate surface area is 148 Å². The second-order valence-corrected chi connectivity index (χ2v) is 6.82. The SMILES string of the molecule is Cl.Cn1ccnc1CN(C(=O)c1cc[nH]c1)C1CC12CCNCC2. The maximum atomic E-state index is 13.0.